The van der Waals surface area contributed by atoms with Gasteiger partial charge in [-0.05, 0) is 43.0 Å². The Balaban J connectivity index is 1.95. The van der Waals surface area contributed by atoms with Crippen LogP contribution in [-0.2, 0) is 12.8 Å². The molecule has 24 heavy (non-hydrogen) atoms. The molecule has 1 heterocycles. The molecule has 126 valence electrons. The van der Waals surface area contributed by atoms with E-state index in [0.717, 1.165) is 29.7 Å². The highest BCUT2D eigenvalue weighted by molar-refractivity contribution is 7.17. The molecule has 1 aliphatic carbocycles. The van der Waals surface area contributed by atoms with Crippen molar-refractivity contribution in [1.82, 2.24) is 0 Å². The van der Waals surface area contributed by atoms with Crippen LogP contribution in [0, 0.1) is 0 Å². The van der Waals surface area contributed by atoms with Gasteiger partial charge in [-0.1, -0.05) is 0 Å². The van der Waals surface area contributed by atoms with Gasteiger partial charge in [-0.2, -0.15) is 0 Å². The lowest BCUT2D eigenvalue weighted by Gasteiger charge is -2.11. The normalized spacial score (nSPS) is 12.6. The van der Waals surface area contributed by atoms with Crippen molar-refractivity contribution in [2.24, 2.45) is 5.73 Å². The SMILES string of the molecule is COc1ccc(OC)c(C(=O)Nc2sc3c(c2C(N)=O)CCC3)c1. The molecular formula is C17H18N2O4S. The van der Waals surface area contributed by atoms with Gasteiger partial charge in [0.1, 0.15) is 16.5 Å². The molecule has 0 saturated carbocycles. The van der Waals surface area contributed by atoms with Crippen LogP contribution in [0.3, 0.4) is 0 Å². The highest BCUT2D eigenvalue weighted by Crippen LogP contribution is 2.39. The van der Waals surface area contributed by atoms with E-state index in [0.29, 0.717) is 27.6 Å². The number of carbonyl (C=O) groups is 2. The molecule has 0 unspecified atom stereocenters. The third kappa shape index (κ3) is 2.82. The molecule has 1 aromatic heterocycles. The van der Waals surface area contributed by atoms with E-state index in [4.69, 9.17) is 15.2 Å². The number of nitrogens with one attached hydrogen (secondary N) is 1. The van der Waals surface area contributed by atoms with Crippen molar-refractivity contribution in [3.05, 3.63) is 39.8 Å². The highest BCUT2D eigenvalue weighted by Gasteiger charge is 2.27. The number of carbonyl (C=O) groups excluding carboxylic acids is 2. The van der Waals surface area contributed by atoms with E-state index in [-0.39, 0.29) is 5.91 Å². The van der Waals surface area contributed by atoms with Crippen molar-refractivity contribution >= 4 is 28.2 Å². The average molecular weight is 346 g/mol. The Labute approximate surface area is 143 Å². The Kier molecular flexibility index (Phi) is 4.44. The minimum Gasteiger partial charge on any atom is -0.497 e. The molecule has 0 aliphatic heterocycles. The Bertz CT molecular complexity index is 813. The summed E-state index contributed by atoms with van der Waals surface area (Å²) >= 11 is 1.42. The van der Waals surface area contributed by atoms with Crippen LogP contribution in [-0.4, -0.2) is 26.0 Å². The second-order valence-electron chi connectivity index (χ2n) is 5.45. The fraction of sp³-hybridized carbons (Fsp3) is 0.294. The van der Waals surface area contributed by atoms with Crippen molar-refractivity contribution in [3.63, 3.8) is 0 Å². The summed E-state index contributed by atoms with van der Waals surface area (Å²) in [5.74, 6) is 0.0956. The number of aryl methyl sites for hydroxylation is 1. The number of nitrogens with two attached hydrogens (primary N) is 1. The molecule has 2 amide bonds. The van der Waals surface area contributed by atoms with Gasteiger partial charge in [0, 0.05) is 4.88 Å². The number of anilines is 1. The average Bonchev–Trinajstić information content (AvgIpc) is 3.14. The van der Waals surface area contributed by atoms with Gasteiger partial charge in [-0.25, -0.2) is 0 Å². The number of fused-ring (bicyclic) bond motifs is 1. The smallest absolute Gasteiger partial charge is 0.260 e. The van der Waals surface area contributed by atoms with E-state index in [2.05, 4.69) is 5.32 Å². The maximum Gasteiger partial charge on any atom is 0.260 e. The summed E-state index contributed by atoms with van der Waals surface area (Å²) in [5, 5.41) is 3.31. The number of hydrogen-bond donors (Lipinski definition) is 2. The monoisotopic (exact) mass is 346 g/mol. The number of rotatable bonds is 5. The van der Waals surface area contributed by atoms with Crippen molar-refractivity contribution in [3.8, 4) is 11.5 Å². The zero-order chi connectivity index (χ0) is 17.3. The predicted molar refractivity (Wildman–Crippen MR) is 92.4 cm³/mol. The van der Waals surface area contributed by atoms with Gasteiger partial charge in [0.15, 0.2) is 0 Å². The topological polar surface area (TPSA) is 90.7 Å². The molecule has 6 nitrogen and oxygen atoms in total. The first kappa shape index (κ1) is 16.3. The number of hydrogen-bond acceptors (Lipinski definition) is 5. The van der Waals surface area contributed by atoms with E-state index in [9.17, 15) is 9.59 Å². The van der Waals surface area contributed by atoms with Crippen LogP contribution in [0.4, 0.5) is 5.00 Å². The largest absolute Gasteiger partial charge is 0.497 e. The van der Waals surface area contributed by atoms with Gasteiger partial charge in [-0.15, -0.1) is 11.3 Å². The zero-order valence-corrected chi connectivity index (χ0v) is 14.3. The molecule has 2 aromatic rings. The molecule has 0 atom stereocenters. The van der Waals surface area contributed by atoms with Crippen LogP contribution in [0.15, 0.2) is 18.2 Å². The zero-order valence-electron chi connectivity index (χ0n) is 13.5. The minimum atomic E-state index is -0.512. The first-order valence-electron chi connectivity index (χ1n) is 7.53. The number of amides is 2. The Morgan fingerprint density at radius 1 is 1.21 bits per heavy atom. The maximum atomic E-state index is 12.7. The van der Waals surface area contributed by atoms with Crippen LogP contribution in [0.2, 0.25) is 0 Å². The second-order valence-corrected chi connectivity index (χ2v) is 6.55. The van der Waals surface area contributed by atoms with Crippen LogP contribution in [0.5, 0.6) is 11.5 Å². The quantitative estimate of drug-likeness (QED) is 0.871. The third-order valence-electron chi connectivity index (χ3n) is 4.05. The molecule has 3 rings (SSSR count). The van der Waals surface area contributed by atoms with E-state index < -0.39 is 5.91 Å². The molecule has 1 aromatic carbocycles. The lowest BCUT2D eigenvalue weighted by molar-refractivity contribution is 0.100. The number of thiophene rings is 1. The first-order chi connectivity index (χ1) is 11.5. The molecule has 0 bridgehead atoms. The van der Waals surface area contributed by atoms with Gasteiger partial charge >= 0.3 is 0 Å². The Morgan fingerprint density at radius 3 is 2.67 bits per heavy atom. The first-order valence-corrected chi connectivity index (χ1v) is 8.34. The second kappa shape index (κ2) is 6.52. The summed E-state index contributed by atoms with van der Waals surface area (Å²) in [6, 6.07) is 4.97. The summed E-state index contributed by atoms with van der Waals surface area (Å²) in [4.78, 5) is 25.6. The molecular weight excluding hydrogens is 328 g/mol. The van der Waals surface area contributed by atoms with E-state index in [1.165, 1.54) is 25.6 Å². The van der Waals surface area contributed by atoms with Crippen molar-refractivity contribution in [1.29, 1.82) is 0 Å². The summed E-state index contributed by atoms with van der Waals surface area (Å²) < 4.78 is 10.4. The minimum absolute atomic E-state index is 0.334. The Morgan fingerprint density at radius 2 is 2.00 bits per heavy atom. The third-order valence-corrected chi connectivity index (χ3v) is 5.25. The molecule has 0 saturated heterocycles. The highest BCUT2D eigenvalue weighted by atomic mass is 32.1. The molecule has 7 heteroatoms. The van der Waals surface area contributed by atoms with Crippen molar-refractivity contribution in [2.45, 2.75) is 19.3 Å². The number of ether oxygens (including phenoxy) is 2. The molecule has 0 radical (unpaired) electrons. The molecule has 1 aliphatic rings. The van der Waals surface area contributed by atoms with Crippen molar-refractivity contribution < 1.29 is 19.1 Å². The van der Waals surface area contributed by atoms with Crippen LogP contribution >= 0.6 is 11.3 Å². The van der Waals surface area contributed by atoms with Crippen molar-refractivity contribution in [2.75, 3.05) is 19.5 Å². The van der Waals surface area contributed by atoms with Gasteiger partial charge in [-0.3, -0.25) is 9.59 Å². The number of benzene rings is 1. The summed E-state index contributed by atoms with van der Waals surface area (Å²) in [5.41, 5.74) is 7.26. The standard InChI is InChI=1S/C17H18N2O4S/c1-22-9-6-7-12(23-2)11(8-9)16(21)19-17-14(15(18)20)10-4-3-5-13(10)24-17/h6-8H,3-5H2,1-2H3,(H2,18,20)(H,19,21). The fourth-order valence-electron chi connectivity index (χ4n) is 2.91. The van der Waals surface area contributed by atoms with Crippen LogP contribution in [0.1, 0.15) is 37.6 Å². The van der Waals surface area contributed by atoms with E-state index >= 15 is 0 Å². The molecule has 3 N–H and O–H groups in total. The van der Waals surface area contributed by atoms with Gasteiger partial charge in [0.2, 0.25) is 0 Å². The Hall–Kier alpha value is -2.54. The molecule has 0 spiro atoms. The van der Waals surface area contributed by atoms with E-state index in [1.807, 2.05) is 0 Å². The number of primary amides is 1. The summed E-state index contributed by atoms with van der Waals surface area (Å²) in [6.45, 7) is 0. The van der Waals surface area contributed by atoms with Crippen LogP contribution in [0.25, 0.3) is 0 Å². The maximum absolute atomic E-state index is 12.7. The van der Waals surface area contributed by atoms with Gasteiger partial charge < -0.3 is 20.5 Å². The van der Waals surface area contributed by atoms with Gasteiger partial charge in [0.05, 0.1) is 25.3 Å². The van der Waals surface area contributed by atoms with Crippen LogP contribution < -0.4 is 20.5 Å². The molecule has 0 fully saturated rings. The fourth-order valence-corrected chi connectivity index (χ4v) is 4.20. The summed E-state index contributed by atoms with van der Waals surface area (Å²) in [6.07, 6.45) is 2.75. The summed E-state index contributed by atoms with van der Waals surface area (Å²) in [7, 11) is 3.02. The predicted octanol–water partition coefficient (Wildman–Crippen LogP) is 2.61. The van der Waals surface area contributed by atoms with E-state index in [1.54, 1.807) is 18.2 Å². The number of methoxy groups -OCH3 is 2. The lowest BCUT2D eigenvalue weighted by atomic mass is 10.1. The van der Waals surface area contributed by atoms with Gasteiger partial charge in [0.25, 0.3) is 11.8 Å². The lowest BCUT2D eigenvalue weighted by Crippen LogP contribution is -2.18.